The minimum atomic E-state index is -0.464. The van der Waals surface area contributed by atoms with Crippen molar-refractivity contribution < 1.29 is 23.4 Å². The fraction of sp³-hybridized carbons (Fsp3) is 0.562. The lowest BCUT2D eigenvalue weighted by Crippen LogP contribution is -2.27. The average molecular weight is 309 g/mol. The van der Waals surface area contributed by atoms with Crippen molar-refractivity contribution in [1.29, 1.82) is 0 Å². The van der Waals surface area contributed by atoms with Crippen LogP contribution in [0.5, 0.6) is 5.75 Å². The summed E-state index contributed by atoms with van der Waals surface area (Å²) in [6.45, 7) is 1.73. The highest BCUT2D eigenvalue weighted by Gasteiger charge is 2.25. The summed E-state index contributed by atoms with van der Waals surface area (Å²) in [6, 6.07) is 4.10. The van der Waals surface area contributed by atoms with Gasteiger partial charge in [-0.3, -0.25) is 4.79 Å². The van der Waals surface area contributed by atoms with Gasteiger partial charge >= 0.3 is 0 Å². The molecule has 6 heteroatoms. The van der Waals surface area contributed by atoms with Crippen LogP contribution < -0.4 is 10.1 Å². The van der Waals surface area contributed by atoms with Crippen molar-refractivity contribution in [2.75, 3.05) is 25.1 Å². The number of ether oxygens (including phenoxy) is 3. The Bertz CT molecular complexity index is 525. The van der Waals surface area contributed by atoms with Crippen LogP contribution in [0.3, 0.4) is 0 Å². The first-order valence-corrected chi connectivity index (χ1v) is 7.69. The summed E-state index contributed by atoms with van der Waals surface area (Å²) in [5, 5.41) is 2.70. The lowest BCUT2D eigenvalue weighted by atomic mass is 10.2. The Morgan fingerprint density at radius 3 is 2.82 bits per heavy atom. The molecule has 5 nitrogen and oxygen atoms in total. The standard InChI is InChI=1S/C16H20FNO4/c17-11-5-6-14(22-10-12-3-1-7-20-12)13(9-11)18-16(19)15-4-2-8-21-15/h5-6,9,12,15H,1-4,7-8,10H2,(H,18,19)/t12-,15-/m0/s1. The Morgan fingerprint density at radius 1 is 1.27 bits per heavy atom. The van der Waals surface area contributed by atoms with Crippen molar-refractivity contribution >= 4 is 11.6 Å². The Balaban J connectivity index is 1.65. The van der Waals surface area contributed by atoms with Gasteiger partial charge in [0.1, 0.15) is 24.3 Å². The predicted molar refractivity (Wildman–Crippen MR) is 78.5 cm³/mol. The first kappa shape index (κ1) is 15.2. The van der Waals surface area contributed by atoms with Gasteiger partial charge in [0.15, 0.2) is 0 Å². The summed E-state index contributed by atoms with van der Waals surface area (Å²) < 4.78 is 30.0. The van der Waals surface area contributed by atoms with Crippen LogP contribution >= 0.6 is 0 Å². The zero-order chi connectivity index (χ0) is 15.4. The van der Waals surface area contributed by atoms with E-state index < -0.39 is 11.9 Å². The summed E-state index contributed by atoms with van der Waals surface area (Å²) in [4.78, 5) is 12.1. The van der Waals surface area contributed by atoms with Crippen molar-refractivity contribution in [3.63, 3.8) is 0 Å². The molecular weight excluding hydrogens is 289 g/mol. The van der Waals surface area contributed by atoms with Gasteiger partial charge in [-0.05, 0) is 37.8 Å². The van der Waals surface area contributed by atoms with Gasteiger partial charge in [-0.25, -0.2) is 4.39 Å². The van der Waals surface area contributed by atoms with Gasteiger partial charge in [0.2, 0.25) is 0 Å². The molecule has 2 saturated heterocycles. The minimum absolute atomic E-state index is 0.0618. The van der Waals surface area contributed by atoms with Crippen LogP contribution in [0.4, 0.5) is 10.1 Å². The molecule has 0 aromatic heterocycles. The molecule has 2 heterocycles. The lowest BCUT2D eigenvalue weighted by molar-refractivity contribution is -0.124. The van der Waals surface area contributed by atoms with Crippen LogP contribution in [0.15, 0.2) is 18.2 Å². The summed E-state index contributed by atoms with van der Waals surface area (Å²) in [6.07, 6.45) is 3.14. The first-order valence-electron chi connectivity index (χ1n) is 7.69. The van der Waals surface area contributed by atoms with E-state index in [4.69, 9.17) is 14.2 Å². The van der Waals surface area contributed by atoms with Gasteiger partial charge in [-0.1, -0.05) is 0 Å². The zero-order valence-corrected chi connectivity index (χ0v) is 12.3. The largest absolute Gasteiger partial charge is 0.489 e. The molecule has 0 unspecified atom stereocenters. The molecule has 2 aliphatic heterocycles. The van der Waals surface area contributed by atoms with Crippen molar-refractivity contribution in [3.05, 3.63) is 24.0 Å². The number of amides is 1. The molecule has 120 valence electrons. The minimum Gasteiger partial charge on any atom is -0.489 e. The van der Waals surface area contributed by atoms with Crippen molar-refractivity contribution in [3.8, 4) is 5.75 Å². The predicted octanol–water partition coefficient (Wildman–Crippen LogP) is 2.50. The Morgan fingerprint density at radius 2 is 2.09 bits per heavy atom. The van der Waals surface area contributed by atoms with Crippen molar-refractivity contribution in [2.24, 2.45) is 0 Å². The van der Waals surface area contributed by atoms with Crippen molar-refractivity contribution in [1.82, 2.24) is 0 Å². The molecule has 0 aliphatic carbocycles. The van der Waals surface area contributed by atoms with E-state index in [9.17, 15) is 9.18 Å². The third kappa shape index (κ3) is 3.75. The molecule has 0 radical (unpaired) electrons. The second-order valence-electron chi connectivity index (χ2n) is 5.58. The number of hydrogen-bond acceptors (Lipinski definition) is 4. The van der Waals surface area contributed by atoms with Gasteiger partial charge in [-0.15, -0.1) is 0 Å². The van der Waals surface area contributed by atoms with Gasteiger partial charge in [0, 0.05) is 19.3 Å². The smallest absolute Gasteiger partial charge is 0.253 e. The summed E-state index contributed by atoms with van der Waals surface area (Å²) in [5.74, 6) is -0.236. The molecule has 22 heavy (non-hydrogen) atoms. The summed E-state index contributed by atoms with van der Waals surface area (Å²) in [7, 11) is 0. The number of benzene rings is 1. The highest BCUT2D eigenvalue weighted by Crippen LogP contribution is 2.27. The van der Waals surface area contributed by atoms with Crippen LogP contribution in [0.25, 0.3) is 0 Å². The number of halogens is 1. The van der Waals surface area contributed by atoms with Crippen LogP contribution in [0.2, 0.25) is 0 Å². The Kier molecular flexibility index (Phi) is 4.90. The second-order valence-corrected chi connectivity index (χ2v) is 5.58. The first-order chi connectivity index (χ1) is 10.7. The number of anilines is 1. The molecule has 2 aliphatic rings. The SMILES string of the molecule is O=C(Nc1cc(F)ccc1OC[C@@H]1CCCO1)[C@@H]1CCCO1. The molecule has 0 spiro atoms. The molecule has 3 rings (SSSR count). The van der Waals surface area contributed by atoms with E-state index >= 15 is 0 Å². The molecular formula is C16H20FNO4. The van der Waals surface area contributed by atoms with E-state index in [1.165, 1.54) is 18.2 Å². The molecule has 0 saturated carbocycles. The maximum absolute atomic E-state index is 13.5. The van der Waals surface area contributed by atoms with Crippen LogP contribution in [0.1, 0.15) is 25.7 Å². The molecule has 2 fully saturated rings. The van der Waals surface area contributed by atoms with Crippen LogP contribution in [-0.2, 0) is 14.3 Å². The van der Waals surface area contributed by atoms with Crippen molar-refractivity contribution in [2.45, 2.75) is 37.9 Å². The normalized spacial score (nSPS) is 24.4. The number of nitrogens with one attached hydrogen (secondary N) is 1. The van der Waals surface area contributed by atoms with Gasteiger partial charge in [0.25, 0.3) is 5.91 Å². The van der Waals surface area contributed by atoms with Gasteiger partial charge in [0.05, 0.1) is 11.8 Å². The molecule has 1 N–H and O–H groups in total. The number of carbonyl (C=O) groups excluding carboxylic acids is 1. The van der Waals surface area contributed by atoms with Crippen LogP contribution in [-0.4, -0.2) is 37.9 Å². The fourth-order valence-electron chi connectivity index (χ4n) is 2.68. The third-order valence-corrected chi connectivity index (χ3v) is 3.87. The number of carbonyl (C=O) groups is 1. The van der Waals surface area contributed by atoms with E-state index in [1.807, 2.05) is 0 Å². The molecule has 0 bridgehead atoms. The van der Waals surface area contributed by atoms with E-state index in [1.54, 1.807) is 0 Å². The van der Waals surface area contributed by atoms with E-state index in [0.29, 0.717) is 31.1 Å². The maximum atomic E-state index is 13.5. The monoisotopic (exact) mass is 309 g/mol. The van der Waals surface area contributed by atoms with E-state index in [2.05, 4.69) is 5.32 Å². The van der Waals surface area contributed by atoms with Gasteiger partial charge in [-0.2, -0.15) is 0 Å². The quantitative estimate of drug-likeness (QED) is 0.908. The van der Waals surface area contributed by atoms with Gasteiger partial charge < -0.3 is 19.5 Å². The molecule has 1 aromatic carbocycles. The summed E-state index contributed by atoms with van der Waals surface area (Å²) >= 11 is 0. The third-order valence-electron chi connectivity index (χ3n) is 3.87. The van der Waals surface area contributed by atoms with E-state index in [0.717, 1.165) is 25.9 Å². The highest BCUT2D eigenvalue weighted by atomic mass is 19.1. The van der Waals surface area contributed by atoms with Crippen LogP contribution in [0, 0.1) is 5.82 Å². The molecule has 2 atom stereocenters. The zero-order valence-electron chi connectivity index (χ0n) is 12.3. The second kappa shape index (κ2) is 7.07. The summed E-state index contributed by atoms with van der Waals surface area (Å²) in [5.41, 5.74) is 0.332. The number of rotatable bonds is 5. The Hall–Kier alpha value is -1.66. The maximum Gasteiger partial charge on any atom is 0.253 e. The Labute approximate surface area is 128 Å². The molecule has 1 amide bonds. The van der Waals surface area contributed by atoms with E-state index in [-0.39, 0.29) is 12.0 Å². The fourth-order valence-corrected chi connectivity index (χ4v) is 2.68. The highest BCUT2D eigenvalue weighted by molar-refractivity contribution is 5.95. The number of hydrogen-bond donors (Lipinski definition) is 1. The molecule has 1 aromatic rings. The lowest BCUT2D eigenvalue weighted by Gasteiger charge is -2.16. The average Bonchev–Trinajstić information content (AvgIpc) is 3.20. The topological polar surface area (TPSA) is 56.8 Å².